The van der Waals surface area contributed by atoms with Crippen molar-refractivity contribution < 1.29 is 5.73 Å². The van der Waals surface area contributed by atoms with Crippen LogP contribution in [0, 0.1) is 0 Å². The van der Waals surface area contributed by atoms with Crippen molar-refractivity contribution in [3.05, 3.63) is 35.2 Å². The lowest BCUT2D eigenvalue weighted by atomic mass is 10.2. The Labute approximate surface area is 75.8 Å². The third kappa shape index (κ3) is 1.36. The van der Waals surface area contributed by atoms with E-state index in [0.29, 0.717) is 0 Å². The highest BCUT2D eigenvalue weighted by Crippen LogP contribution is 2.24. The van der Waals surface area contributed by atoms with E-state index in [-0.39, 0.29) is 0 Å². The minimum Gasteiger partial charge on any atom is -0.357 e. The molecule has 12 heavy (non-hydrogen) atoms. The van der Waals surface area contributed by atoms with Gasteiger partial charge in [0.15, 0.2) is 0 Å². The molecule has 0 aliphatic carbocycles. The number of rotatable bonds is 2. The molecule has 1 aromatic carbocycles. The molecule has 62 valence electrons. The van der Waals surface area contributed by atoms with E-state index in [0.717, 1.165) is 13.0 Å². The Morgan fingerprint density at radius 1 is 1.25 bits per heavy atom. The van der Waals surface area contributed by atoms with Crippen molar-refractivity contribution in [2.75, 3.05) is 6.54 Å². The fraction of sp³-hybridized carbons (Fsp3) is 0.200. The van der Waals surface area contributed by atoms with E-state index in [1.165, 1.54) is 15.0 Å². The van der Waals surface area contributed by atoms with E-state index >= 15 is 0 Å². The van der Waals surface area contributed by atoms with Crippen LogP contribution >= 0.6 is 11.3 Å². The zero-order valence-corrected chi connectivity index (χ0v) is 7.73. The number of quaternary nitrogens is 1. The smallest absolute Gasteiger partial charge is 0.0788 e. The first-order valence-corrected chi connectivity index (χ1v) is 4.98. The van der Waals surface area contributed by atoms with Gasteiger partial charge in [-0.1, -0.05) is 18.2 Å². The average molecular weight is 178 g/mol. The third-order valence-corrected chi connectivity index (χ3v) is 3.08. The van der Waals surface area contributed by atoms with Gasteiger partial charge in [-0.3, -0.25) is 0 Å². The van der Waals surface area contributed by atoms with Crippen LogP contribution < -0.4 is 5.73 Å². The van der Waals surface area contributed by atoms with Crippen LogP contribution in [0.1, 0.15) is 4.88 Å². The minimum absolute atomic E-state index is 0.993. The summed E-state index contributed by atoms with van der Waals surface area (Å²) in [4.78, 5) is 1.45. The van der Waals surface area contributed by atoms with Crippen LogP contribution in [-0.4, -0.2) is 6.54 Å². The predicted molar refractivity (Wildman–Crippen MR) is 53.3 cm³/mol. The summed E-state index contributed by atoms with van der Waals surface area (Å²) in [6.45, 7) is 0.993. The highest BCUT2D eigenvalue weighted by atomic mass is 32.1. The van der Waals surface area contributed by atoms with Crippen LogP contribution in [0.15, 0.2) is 30.3 Å². The lowest BCUT2D eigenvalue weighted by molar-refractivity contribution is -0.366. The van der Waals surface area contributed by atoms with Crippen molar-refractivity contribution in [3.63, 3.8) is 0 Å². The highest BCUT2D eigenvalue weighted by molar-refractivity contribution is 7.19. The van der Waals surface area contributed by atoms with Gasteiger partial charge in [0.25, 0.3) is 0 Å². The molecular weight excluding hydrogens is 166 g/mol. The average Bonchev–Trinajstić information content (AvgIpc) is 2.47. The number of thiophene rings is 1. The monoisotopic (exact) mass is 178 g/mol. The van der Waals surface area contributed by atoms with Crippen LogP contribution in [0.3, 0.4) is 0 Å². The number of hydrogen-bond donors (Lipinski definition) is 1. The molecule has 2 heteroatoms. The van der Waals surface area contributed by atoms with Crippen molar-refractivity contribution in [1.29, 1.82) is 0 Å². The zero-order chi connectivity index (χ0) is 8.39. The molecule has 2 rings (SSSR count). The van der Waals surface area contributed by atoms with Gasteiger partial charge in [-0.05, 0) is 17.5 Å². The third-order valence-electron chi connectivity index (χ3n) is 1.90. The first-order chi connectivity index (χ1) is 5.90. The summed E-state index contributed by atoms with van der Waals surface area (Å²) in [5.74, 6) is 0. The van der Waals surface area contributed by atoms with Gasteiger partial charge in [-0.25, -0.2) is 0 Å². The van der Waals surface area contributed by atoms with Gasteiger partial charge in [0.1, 0.15) is 0 Å². The van der Waals surface area contributed by atoms with Crippen molar-refractivity contribution >= 4 is 21.4 Å². The van der Waals surface area contributed by atoms with Gasteiger partial charge < -0.3 is 5.73 Å². The summed E-state index contributed by atoms with van der Waals surface area (Å²) in [5, 5.41) is 1.37. The maximum Gasteiger partial charge on any atom is 0.0788 e. The Balaban J connectivity index is 2.47. The number of hydrogen-bond acceptors (Lipinski definition) is 1. The van der Waals surface area contributed by atoms with Gasteiger partial charge in [0.2, 0.25) is 0 Å². The molecule has 1 nitrogen and oxygen atoms in total. The van der Waals surface area contributed by atoms with Gasteiger partial charge in [0, 0.05) is 16.0 Å². The maximum atomic E-state index is 3.86. The van der Waals surface area contributed by atoms with Crippen molar-refractivity contribution in [2.45, 2.75) is 6.42 Å². The predicted octanol–water partition coefficient (Wildman–Crippen LogP) is 1.69. The van der Waals surface area contributed by atoms with E-state index in [9.17, 15) is 0 Å². The van der Waals surface area contributed by atoms with Crippen molar-refractivity contribution in [1.82, 2.24) is 0 Å². The van der Waals surface area contributed by atoms with Crippen LogP contribution in [0.2, 0.25) is 0 Å². The molecular formula is C10H12NS+. The topological polar surface area (TPSA) is 27.6 Å². The fourth-order valence-electron chi connectivity index (χ4n) is 1.33. The van der Waals surface area contributed by atoms with E-state index in [4.69, 9.17) is 0 Å². The van der Waals surface area contributed by atoms with Crippen LogP contribution in [0.5, 0.6) is 0 Å². The SMILES string of the molecule is [NH3+]CCc1cc2ccccc2s1. The molecule has 0 aliphatic heterocycles. The molecule has 0 spiro atoms. The van der Waals surface area contributed by atoms with Crippen LogP contribution in [0.25, 0.3) is 10.1 Å². The Kier molecular flexibility index (Phi) is 2.11. The molecule has 0 saturated carbocycles. The largest absolute Gasteiger partial charge is 0.357 e. The zero-order valence-electron chi connectivity index (χ0n) is 6.92. The Hall–Kier alpha value is -0.860. The molecule has 3 N–H and O–H groups in total. The second-order valence-electron chi connectivity index (χ2n) is 2.85. The standard InChI is InChI=1S/C10H11NS/c11-6-5-9-7-8-3-1-2-4-10(8)12-9/h1-4,7H,5-6,11H2/p+1. The minimum atomic E-state index is 0.993. The maximum absolute atomic E-state index is 3.86. The Bertz CT molecular complexity index is 345. The quantitative estimate of drug-likeness (QED) is 0.724. The van der Waals surface area contributed by atoms with Crippen LogP contribution in [-0.2, 0) is 6.42 Å². The van der Waals surface area contributed by atoms with E-state index in [2.05, 4.69) is 36.1 Å². The molecule has 0 saturated heterocycles. The van der Waals surface area contributed by atoms with Gasteiger partial charge in [-0.15, -0.1) is 11.3 Å². The molecule has 0 aliphatic rings. The molecule has 0 unspecified atom stereocenters. The molecule has 1 heterocycles. The highest BCUT2D eigenvalue weighted by Gasteiger charge is 1.99. The molecule has 0 fully saturated rings. The van der Waals surface area contributed by atoms with E-state index < -0.39 is 0 Å². The molecule has 1 aromatic heterocycles. The van der Waals surface area contributed by atoms with Crippen molar-refractivity contribution in [2.24, 2.45) is 0 Å². The summed E-state index contributed by atoms with van der Waals surface area (Å²) >= 11 is 1.88. The second-order valence-corrected chi connectivity index (χ2v) is 4.02. The van der Waals surface area contributed by atoms with Gasteiger partial charge in [0.05, 0.1) is 6.54 Å². The molecule has 0 amide bonds. The molecule has 0 atom stereocenters. The van der Waals surface area contributed by atoms with Crippen LogP contribution in [0.4, 0.5) is 0 Å². The first kappa shape index (κ1) is 7.77. The number of benzene rings is 1. The molecule has 0 bridgehead atoms. The Morgan fingerprint density at radius 3 is 2.83 bits per heavy atom. The summed E-state index contributed by atoms with van der Waals surface area (Å²) in [7, 11) is 0. The fourth-order valence-corrected chi connectivity index (χ4v) is 2.44. The van der Waals surface area contributed by atoms with E-state index in [1.54, 1.807) is 0 Å². The van der Waals surface area contributed by atoms with Crippen molar-refractivity contribution in [3.8, 4) is 0 Å². The number of fused-ring (bicyclic) bond motifs is 1. The first-order valence-electron chi connectivity index (χ1n) is 4.17. The normalized spacial score (nSPS) is 10.8. The summed E-state index contributed by atoms with van der Waals surface area (Å²) < 4.78 is 1.39. The second kappa shape index (κ2) is 3.25. The summed E-state index contributed by atoms with van der Waals surface area (Å²) in [5.41, 5.74) is 3.86. The Morgan fingerprint density at radius 2 is 2.08 bits per heavy atom. The van der Waals surface area contributed by atoms with E-state index in [1.807, 2.05) is 11.3 Å². The molecule has 2 aromatic rings. The van der Waals surface area contributed by atoms with Gasteiger partial charge >= 0.3 is 0 Å². The lowest BCUT2D eigenvalue weighted by Gasteiger charge is -1.84. The lowest BCUT2D eigenvalue weighted by Crippen LogP contribution is -2.51. The molecule has 0 radical (unpaired) electrons. The van der Waals surface area contributed by atoms with Gasteiger partial charge in [-0.2, -0.15) is 0 Å². The summed E-state index contributed by atoms with van der Waals surface area (Å²) in [6.07, 6.45) is 1.11. The summed E-state index contributed by atoms with van der Waals surface area (Å²) in [6, 6.07) is 10.8.